The maximum absolute atomic E-state index is 6.20. The van der Waals surface area contributed by atoms with Crippen molar-refractivity contribution in [2.45, 2.75) is 38.9 Å². The number of rotatable bonds is 3. The second-order valence-corrected chi connectivity index (χ2v) is 7.42. The lowest BCUT2D eigenvalue weighted by Crippen LogP contribution is -2.41. The van der Waals surface area contributed by atoms with E-state index in [0.717, 1.165) is 21.8 Å². The van der Waals surface area contributed by atoms with E-state index in [-0.39, 0.29) is 0 Å². The zero-order chi connectivity index (χ0) is 17.5. The van der Waals surface area contributed by atoms with Crippen LogP contribution in [0.3, 0.4) is 0 Å². The molecule has 0 saturated carbocycles. The van der Waals surface area contributed by atoms with Crippen LogP contribution in [0.5, 0.6) is 0 Å². The number of aromatic nitrogens is 1. The number of fused-ring (bicyclic) bond motifs is 1. The third-order valence-electron chi connectivity index (χ3n) is 4.91. The van der Waals surface area contributed by atoms with Gasteiger partial charge in [0, 0.05) is 23.7 Å². The molecule has 0 bridgehead atoms. The van der Waals surface area contributed by atoms with E-state index in [1.54, 1.807) is 6.20 Å². The Labute approximate surface area is 148 Å². The minimum atomic E-state index is -0.463. The Kier molecular flexibility index (Phi) is 4.47. The molecule has 0 unspecified atom stereocenters. The topological polar surface area (TPSA) is 57.4 Å². The monoisotopic (exact) mass is 344 g/mol. The molecule has 0 atom stereocenters. The summed E-state index contributed by atoms with van der Waals surface area (Å²) in [5, 5.41) is 2.44. The predicted molar refractivity (Wildman–Crippen MR) is 99.9 cm³/mol. The molecule has 24 heavy (non-hydrogen) atoms. The van der Waals surface area contributed by atoms with Gasteiger partial charge in [-0.05, 0) is 38.6 Å². The van der Waals surface area contributed by atoms with Crippen LogP contribution in [0.15, 0.2) is 35.9 Å². The van der Waals surface area contributed by atoms with Crippen LogP contribution in [-0.2, 0) is 9.31 Å². The highest BCUT2D eigenvalue weighted by Gasteiger charge is 2.52. The molecule has 2 heterocycles. The van der Waals surface area contributed by atoms with Gasteiger partial charge < -0.3 is 15.0 Å². The maximum Gasteiger partial charge on any atom is 0.491 e. The zero-order valence-corrected chi connectivity index (χ0v) is 15.2. The summed E-state index contributed by atoms with van der Waals surface area (Å²) in [6.07, 6.45) is 3.75. The lowest BCUT2D eigenvalue weighted by atomic mass is 9.77. The van der Waals surface area contributed by atoms with Gasteiger partial charge in [0.15, 0.2) is 0 Å². The number of nitrogens with zero attached hydrogens (tertiary/aromatic N) is 1. The maximum atomic E-state index is 6.20. The number of hydrogen-bond donors (Lipinski definition) is 1. The molecule has 1 aromatic heterocycles. The SMILES string of the molecule is CC1(C)OB(C(=Cc2cnc(Cl)c3ccccc23)CN)OC1(C)C. The molecule has 4 nitrogen and oxygen atoms in total. The van der Waals surface area contributed by atoms with E-state index in [1.807, 2.05) is 58.0 Å². The molecular formula is C18H22BClN2O2. The Hall–Kier alpha value is -1.40. The number of halogens is 1. The van der Waals surface area contributed by atoms with Crippen LogP contribution in [0.25, 0.3) is 16.8 Å². The normalized spacial score (nSPS) is 19.9. The van der Waals surface area contributed by atoms with Crippen LogP contribution in [0.4, 0.5) is 0 Å². The van der Waals surface area contributed by atoms with Gasteiger partial charge in [-0.25, -0.2) is 4.98 Å². The van der Waals surface area contributed by atoms with Crippen molar-refractivity contribution in [3.05, 3.63) is 46.7 Å². The van der Waals surface area contributed by atoms with E-state index < -0.39 is 18.3 Å². The van der Waals surface area contributed by atoms with E-state index in [4.69, 9.17) is 26.6 Å². The van der Waals surface area contributed by atoms with Crippen molar-refractivity contribution in [2.75, 3.05) is 6.54 Å². The van der Waals surface area contributed by atoms with Gasteiger partial charge in [-0.1, -0.05) is 41.9 Å². The van der Waals surface area contributed by atoms with Crippen LogP contribution >= 0.6 is 11.6 Å². The predicted octanol–water partition coefficient (Wildman–Crippen LogP) is 3.86. The molecular weight excluding hydrogens is 322 g/mol. The quantitative estimate of drug-likeness (QED) is 0.678. The summed E-state index contributed by atoms with van der Waals surface area (Å²) in [5.41, 5.74) is 7.01. The Bertz CT molecular complexity index is 789. The molecule has 126 valence electrons. The van der Waals surface area contributed by atoms with Crippen molar-refractivity contribution in [2.24, 2.45) is 5.73 Å². The summed E-state index contributed by atoms with van der Waals surface area (Å²) in [6.45, 7) is 8.45. The second-order valence-electron chi connectivity index (χ2n) is 7.06. The Morgan fingerprint density at radius 2 is 1.75 bits per heavy atom. The van der Waals surface area contributed by atoms with E-state index in [0.29, 0.717) is 11.7 Å². The summed E-state index contributed by atoms with van der Waals surface area (Å²) >= 11 is 6.20. The average Bonchev–Trinajstić information content (AvgIpc) is 2.75. The van der Waals surface area contributed by atoms with Crippen LogP contribution < -0.4 is 5.73 Å². The van der Waals surface area contributed by atoms with Gasteiger partial charge in [0.1, 0.15) is 5.15 Å². The first-order valence-corrected chi connectivity index (χ1v) is 8.42. The highest BCUT2D eigenvalue weighted by molar-refractivity contribution is 6.56. The molecule has 1 saturated heterocycles. The molecule has 0 amide bonds. The minimum absolute atomic E-state index is 0.341. The first-order chi connectivity index (χ1) is 11.2. The van der Waals surface area contributed by atoms with Crippen LogP contribution in [0, 0.1) is 0 Å². The molecule has 2 N–H and O–H groups in total. The van der Waals surface area contributed by atoms with Crippen LogP contribution in [0.1, 0.15) is 33.3 Å². The Balaban J connectivity index is 2.03. The first kappa shape index (κ1) is 17.4. The van der Waals surface area contributed by atoms with Crippen LogP contribution in [-0.4, -0.2) is 29.8 Å². The van der Waals surface area contributed by atoms with Crippen molar-refractivity contribution in [3.63, 3.8) is 0 Å². The van der Waals surface area contributed by atoms with Crippen molar-refractivity contribution >= 4 is 35.6 Å². The molecule has 1 aliphatic heterocycles. The van der Waals surface area contributed by atoms with Gasteiger partial charge in [-0.3, -0.25) is 0 Å². The summed E-state index contributed by atoms with van der Waals surface area (Å²) < 4.78 is 12.2. The molecule has 3 rings (SSSR count). The largest absolute Gasteiger partial charge is 0.491 e. The first-order valence-electron chi connectivity index (χ1n) is 8.04. The van der Waals surface area contributed by atoms with Gasteiger partial charge >= 0.3 is 7.12 Å². The fraction of sp³-hybridized carbons (Fsp3) is 0.389. The molecule has 0 radical (unpaired) electrons. The fourth-order valence-electron chi connectivity index (χ4n) is 2.71. The van der Waals surface area contributed by atoms with Crippen molar-refractivity contribution < 1.29 is 9.31 Å². The molecule has 0 aliphatic carbocycles. The van der Waals surface area contributed by atoms with Crippen molar-refractivity contribution in [1.82, 2.24) is 4.98 Å². The summed E-state index contributed by atoms with van der Waals surface area (Å²) in [4.78, 5) is 4.28. The number of nitrogens with two attached hydrogens (primary N) is 1. The second kappa shape index (κ2) is 6.15. The van der Waals surface area contributed by atoms with Crippen molar-refractivity contribution in [3.8, 4) is 0 Å². The molecule has 2 aromatic rings. The third-order valence-corrected chi connectivity index (χ3v) is 5.21. The zero-order valence-electron chi connectivity index (χ0n) is 14.5. The molecule has 1 aromatic carbocycles. The highest BCUT2D eigenvalue weighted by atomic mass is 35.5. The Morgan fingerprint density at radius 1 is 1.17 bits per heavy atom. The van der Waals surface area contributed by atoms with Gasteiger partial charge in [-0.2, -0.15) is 0 Å². The molecule has 1 aliphatic rings. The van der Waals surface area contributed by atoms with Gasteiger partial charge in [-0.15, -0.1) is 0 Å². The molecule has 0 spiro atoms. The van der Waals surface area contributed by atoms with E-state index in [9.17, 15) is 0 Å². The minimum Gasteiger partial charge on any atom is -0.400 e. The molecule has 6 heteroatoms. The van der Waals surface area contributed by atoms with Gasteiger partial charge in [0.25, 0.3) is 0 Å². The van der Waals surface area contributed by atoms with Crippen LogP contribution in [0.2, 0.25) is 5.15 Å². The average molecular weight is 345 g/mol. The smallest absolute Gasteiger partial charge is 0.400 e. The third kappa shape index (κ3) is 2.97. The standard InChI is InChI=1S/C18H22BClN2O2/c1-17(2)18(3,4)24-19(23-17)13(10-21)9-12-11-22-16(20)15-8-6-5-7-14(12)15/h5-9,11H,10,21H2,1-4H3. The summed E-state index contributed by atoms with van der Waals surface area (Å²) in [7, 11) is -0.463. The fourth-order valence-corrected chi connectivity index (χ4v) is 2.93. The lowest BCUT2D eigenvalue weighted by Gasteiger charge is -2.32. The van der Waals surface area contributed by atoms with Gasteiger partial charge in [0.2, 0.25) is 0 Å². The highest BCUT2D eigenvalue weighted by Crippen LogP contribution is 2.39. The number of pyridine rings is 1. The number of hydrogen-bond acceptors (Lipinski definition) is 4. The van der Waals surface area contributed by atoms with Crippen molar-refractivity contribution in [1.29, 1.82) is 0 Å². The number of benzene rings is 1. The Morgan fingerprint density at radius 3 is 2.33 bits per heavy atom. The molecule has 1 fully saturated rings. The summed E-state index contributed by atoms with van der Waals surface area (Å²) in [5.74, 6) is 0. The lowest BCUT2D eigenvalue weighted by molar-refractivity contribution is 0.00578. The summed E-state index contributed by atoms with van der Waals surface area (Å²) in [6, 6.07) is 7.90. The van der Waals surface area contributed by atoms with E-state index in [1.165, 1.54) is 0 Å². The van der Waals surface area contributed by atoms with Gasteiger partial charge in [0.05, 0.1) is 11.2 Å². The van der Waals surface area contributed by atoms with E-state index >= 15 is 0 Å². The van der Waals surface area contributed by atoms with E-state index in [2.05, 4.69) is 4.98 Å².